The second-order valence-electron chi connectivity index (χ2n) is 7.17. The van der Waals surface area contributed by atoms with Crippen LogP contribution in [0.3, 0.4) is 0 Å². The van der Waals surface area contributed by atoms with Crippen LogP contribution in [0.5, 0.6) is 0 Å². The number of thiazole rings is 1. The van der Waals surface area contributed by atoms with E-state index in [9.17, 15) is 14.4 Å². The van der Waals surface area contributed by atoms with Gasteiger partial charge in [0.15, 0.2) is 5.13 Å². The van der Waals surface area contributed by atoms with Gasteiger partial charge in [-0.3, -0.25) is 14.4 Å². The molecular formula is C21H20N4O3S. The van der Waals surface area contributed by atoms with Crippen molar-refractivity contribution in [3.8, 4) is 0 Å². The number of para-hydroxylation sites is 2. The molecule has 1 aliphatic rings. The number of anilines is 2. The minimum Gasteiger partial charge on any atom is -0.340 e. The standard InChI is InChI=1S/C21H20N4O3S/c1-12(2)18-20(28)25(15-9-5-3-7-13(15)19(27)24-18)11-17(26)23-21-22-14-8-4-6-10-16(14)29-21/h3-10,12,18H,11H2,1-2H3,(H,24,27)(H,22,23,26)/t18-/m0/s1. The van der Waals surface area contributed by atoms with Crippen LogP contribution in [0.4, 0.5) is 10.8 Å². The summed E-state index contributed by atoms with van der Waals surface area (Å²) >= 11 is 1.37. The molecule has 2 heterocycles. The number of hydrogen-bond donors (Lipinski definition) is 2. The number of aromatic nitrogens is 1. The van der Waals surface area contributed by atoms with Crippen LogP contribution in [0.15, 0.2) is 48.5 Å². The van der Waals surface area contributed by atoms with Gasteiger partial charge in [-0.2, -0.15) is 0 Å². The van der Waals surface area contributed by atoms with E-state index in [1.807, 2.05) is 38.1 Å². The first kappa shape index (κ1) is 19.1. The molecule has 3 aromatic rings. The Morgan fingerprint density at radius 1 is 1.17 bits per heavy atom. The van der Waals surface area contributed by atoms with E-state index in [-0.39, 0.29) is 30.2 Å². The number of nitrogens with zero attached hydrogens (tertiary/aromatic N) is 2. The Morgan fingerprint density at radius 3 is 2.66 bits per heavy atom. The van der Waals surface area contributed by atoms with Gasteiger partial charge in [0.2, 0.25) is 11.8 Å². The highest BCUT2D eigenvalue weighted by Gasteiger charge is 2.36. The summed E-state index contributed by atoms with van der Waals surface area (Å²) in [5, 5.41) is 6.03. The zero-order valence-corrected chi connectivity index (χ0v) is 16.8. The lowest BCUT2D eigenvalue weighted by molar-refractivity contribution is -0.123. The second kappa shape index (κ2) is 7.63. The number of carbonyl (C=O) groups excluding carboxylic acids is 3. The van der Waals surface area contributed by atoms with Crippen LogP contribution in [0.2, 0.25) is 0 Å². The number of amides is 3. The second-order valence-corrected chi connectivity index (χ2v) is 8.20. The maximum atomic E-state index is 13.1. The molecule has 0 fully saturated rings. The fraction of sp³-hybridized carbons (Fsp3) is 0.238. The van der Waals surface area contributed by atoms with Crippen molar-refractivity contribution in [2.75, 3.05) is 16.8 Å². The molecule has 0 spiro atoms. The minimum absolute atomic E-state index is 0.115. The topological polar surface area (TPSA) is 91.4 Å². The van der Waals surface area contributed by atoms with Gasteiger partial charge in [0, 0.05) is 0 Å². The largest absolute Gasteiger partial charge is 0.340 e. The molecule has 1 aliphatic heterocycles. The van der Waals surface area contributed by atoms with Crippen molar-refractivity contribution < 1.29 is 14.4 Å². The summed E-state index contributed by atoms with van der Waals surface area (Å²) in [7, 11) is 0. The molecule has 148 valence electrons. The Kier molecular flexibility index (Phi) is 5.02. The Morgan fingerprint density at radius 2 is 1.90 bits per heavy atom. The van der Waals surface area contributed by atoms with Gasteiger partial charge in [-0.1, -0.05) is 49.4 Å². The van der Waals surface area contributed by atoms with Crippen LogP contribution in [0.1, 0.15) is 24.2 Å². The number of hydrogen-bond acceptors (Lipinski definition) is 5. The third-order valence-corrected chi connectivity index (χ3v) is 5.72. The average molecular weight is 408 g/mol. The molecule has 0 bridgehead atoms. The van der Waals surface area contributed by atoms with Crippen LogP contribution in [0.25, 0.3) is 10.2 Å². The summed E-state index contributed by atoms with van der Waals surface area (Å²) in [5.41, 5.74) is 1.60. The molecule has 0 radical (unpaired) electrons. The Balaban J connectivity index is 1.62. The van der Waals surface area contributed by atoms with Crippen LogP contribution in [-0.4, -0.2) is 35.3 Å². The zero-order chi connectivity index (χ0) is 20.5. The van der Waals surface area contributed by atoms with E-state index in [4.69, 9.17) is 0 Å². The molecule has 0 saturated carbocycles. The third kappa shape index (κ3) is 3.71. The molecule has 1 atom stereocenters. The summed E-state index contributed by atoms with van der Waals surface area (Å²) in [6, 6.07) is 13.7. The third-order valence-electron chi connectivity index (χ3n) is 4.77. The lowest BCUT2D eigenvalue weighted by Crippen LogP contribution is -2.50. The van der Waals surface area contributed by atoms with Crippen molar-refractivity contribution >= 4 is 50.1 Å². The molecule has 2 aromatic carbocycles. The van der Waals surface area contributed by atoms with Crippen molar-refractivity contribution in [3.63, 3.8) is 0 Å². The van der Waals surface area contributed by atoms with Crippen molar-refractivity contribution in [3.05, 3.63) is 54.1 Å². The van der Waals surface area contributed by atoms with E-state index in [0.717, 1.165) is 10.2 Å². The first-order chi connectivity index (χ1) is 13.9. The van der Waals surface area contributed by atoms with Gasteiger partial charge in [-0.15, -0.1) is 0 Å². The Bertz CT molecular complexity index is 1080. The van der Waals surface area contributed by atoms with Crippen molar-refractivity contribution in [1.82, 2.24) is 10.3 Å². The van der Waals surface area contributed by atoms with Crippen molar-refractivity contribution in [2.24, 2.45) is 5.92 Å². The van der Waals surface area contributed by atoms with Crippen LogP contribution >= 0.6 is 11.3 Å². The average Bonchev–Trinajstić information content (AvgIpc) is 3.07. The van der Waals surface area contributed by atoms with E-state index in [1.165, 1.54) is 16.2 Å². The molecule has 2 N–H and O–H groups in total. The number of rotatable bonds is 4. The highest BCUT2D eigenvalue weighted by Crippen LogP contribution is 2.27. The Labute approximate surface area is 171 Å². The van der Waals surface area contributed by atoms with Gasteiger partial charge in [0.1, 0.15) is 12.6 Å². The predicted molar refractivity (Wildman–Crippen MR) is 113 cm³/mol. The Hall–Kier alpha value is -3.26. The molecule has 4 rings (SSSR count). The molecule has 0 unspecified atom stereocenters. The molecule has 8 heteroatoms. The van der Waals surface area contributed by atoms with Gasteiger partial charge in [0.05, 0.1) is 21.5 Å². The quantitative estimate of drug-likeness (QED) is 0.694. The summed E-state index contributed by atoms with van der Waals surface area (Å²) in [5.74, 6) is -1.11. The number of benzene rings is 2. The smallest absolute Gasteiger partial charge is 0.254 e. The molecular weight excluding hydrogens is 388 g/mol. The van der Waals surface area contributed by atoms with E-state index in [1.54, 1.807) is 24.3 Å². The van der Waals surface area contributed by atoms with Gasteiger partial charge in [0.25, 0.3) is 5.91 Å². The van der Waals surface area contributed by atoms with Gasteiger partial charge in [-0.05, 0) is 30.2 Å². The molecule has 1 aromatic heterocycles. The fourth-order valence-corrected chi connectivity index (χ4v) is 4.19. The maximum absolute atomic E-state index is 13.1. The van der Waals surface area contributed by atoms with Crippen molar-refractivity contribution in [2.45, 2.75) is 19.9 Å². The van der Waals surface area contributed by atoms with Crippen LogP contribution < -0.4 is 15.5 Å². The molecule has 29 heavy (non-hydrogen) atoms. The van der Waals surface area contributed by atoms with Gasteiger partial charge in [-0.25, -0.2) is 4.98 Å². The predicted octanol–water partition coefficient (Wildman–Crippen LogP) is 3.04. The summed E-state index contributed by atoms with van der Waals surface area (Å²) in [6.07, 6.45) is 0. The van der Waals surface area contributed by atoms with Gasteiger partial charge >= 0.3 is 0 Å². The molecule has 3 amide bonds. The summed E-state index contributed by atoms with van der Waals surface area (Å²) < 4.78 is 0.966. The van der Waals surface area contributed by atoms with E-state index < -0.39 is 6.04 Å². The van der Waals surface area contributed by atoms with Crippen LogP contribution in [0, 0.1) is 5.92 Å². The first-order valence-corrected chi connectivity index (χ1v) is 10.1. The first-order valence-electron chi connectivity index (χ1n) is 9.30. The van der Waals surface area contributed by atoms with E-state index in [2.05, 4.69) is 15.6 Å². The highest BCUT2D eigenvalue weighted by molar-refractivity contribution is 7.22. The van der Waals surface area contributed by atoms with E-state index >= 15 is 0 Å². The summed E-state index contributed by atoms with van der Waals surface area (Å²) in [4.78, 5) is 44.2. The number of nitrogens with one attached hydrogen (secondary N) is 2. The molecule has 0 saturated heterocycles. The normalized spacial score (nSPS) is 16.5. The number of carbonyl (C=O) groups is 3. The highest BCUT2D eigenvalue weighted by atomic mass is 32.1. The van der Waals surface area contributed by atoms with Crippen LogP contribution in [-0.2, 0) is 9.59 Å². The monoisotopic (exact) mass is 408 g/mol. The molecule has 7 nitrogen and oxygen atoms in total. The number of fused-ring (bicyclic) bond motifs is 2. The van der Waals surface area contributed by atoms with Gasteiger partial charge < -0.3 is 15.5 Å². The zero-order valence-electron chi connectivity index (χ0n) is 16.0. The SMILES string of the molecule is CC(C)[C@@H]1NC(=O)c2ccccc2N(CC(=O)Nc2nc3ccccc3s2)C1=O. The molecule has 0 aliphatic carbocycles. The lowest BCUT2D eigenvalue weighted by atomic mass is 10.0. The van der Waals surface area contributed by atoms with E-state index in [0.29, 0.717) is 16.4 Å². The minimum atomic E-state index is -0.704. The van der Waals surface area contributed by atoms with Crippen molar-refractivity contribution in [1.29, 1.82) is 0 Å². The lowest BCUT2D eigenvalue weighted by Gasteiger charge is -2.26. The fourth-order valence-electron chi connectivity index (χ4n) is 3.31. The maximum Gasteiger partial charge on any atom is 0.254 e. The summed E-state index contributed by atoms with van der Waals surface area (Å²) in [6.45, 7) is 3.51.